The van der Waals surface area contributed by atoms with Crippen molar-refractivity contribution in [2.75, 3.05) is 0 Å². The third kappa shape index (κ3) is 5.83. The second-order valence-corrected chi connectivity index (χ2v) is 15.2. The van der Waals surface area contributed by atoms with Crippen molar-refractivity contribution in [3.05, 3.63) is 200 Å². The van der Waals surface area contributed by atoms with Crippen LogP contribution in [0, 0.1) is 0 Å². The summed E-state index contributed by atoms with van der Waals surface area (Å²) in [7, 11) is 0. The zero-order valence-electron chi connectivity index (χ0n) is 32.2. The minimum atomic E-state index is 0.642. The fourth-order valence-corrected chi connectivity index (χ4v) is 8.55. The van der Waals surface area contributed by atoms with E-state index in [1.54, 1.807) is 0 Å². The highest BCUT2D eigenvalue weighted by molar-refractivity contribution is 6.08. The van der Waals surface area contributed by atoms with Crippen LogP contribution in [0.2, 0.25) is 0 Å². The van der Waals surface area contributed by atoms with E-state index >= 15 is 0 Å². The summed E-state index contributed by atoms with van der Waals surface area (Å²) in [6, 6.07) is 67.4. The zero-order chi connectivity index (χ0) is 39.6. The second-order valence-electron chi connectivity index (χ2n) is 15.2. The molecule has 0 aliphatic carbocycles. The van der Waals surface area contributed by atoms with E-state index in [4.69, 9.17) is 18.8 Å². The topological polar surface area (TPSA) is 65.0 Å². The highest BCUT2D eigenvalue weighted by Gasteiger charge is 2.17. The van der Waals surface area contributed by atoms with Crippen LogP contribution in [0.1, 0.15) is 0 Å². The summed E-state index contributed by atoms with van der Waals surface area (Å²) in [5.41, 5.74) is 15.6. The molecule has 0 amide bonds. The maximum absolute atomic E-state index is 6.23. The third-order valence-corrected chi connectivity index (χ3v) is 11.5. The molecule has 0 unspecified atom stereocenters. The van der Waals surface area contributed by atoms with Crippen LogP contribution in [0.15, 0.2) is 209 Å². The van der Waals surface area contributed by atoms with Gasteiger partial charge in [0.2, 0.25) is 0 Å². The first-order chi connectivity index (χ1) is 29.7. The van der Waals surface area contributed by atoms with Crippen molar-refractivity contribution in [3.8, 4) is 67.3 Å². The lowest BCUT2D eigenvalue weighted by atomic mass is 9.94. The molecule has 280 valence electrons. The van der Waals surface area contributed by atoms with Crippen molar-refractivity contribution in [1.82, 2.24) is 15.0 Å². The Balaban J connectivity index is 1.04. The first-order valence-corrected chi connectivity index (χ1v) is 20.1. The van der Waals surface area contributed by atoms with Gasteiger partial charge in [-0.05, 0) is 106 Å². The SMILES string of the molecule is c1ccc(-c2cc(-c3ccc(-c4ccnc5ccccc45)cc3)nc(-c3cc(-c4ccc5oc6ccccc6c5c4)cc(-c4ccc5oc6ccccc6c5c4)c3)n2)cc1. The molecule has 4 aromatic heterocycles. The van der Waals surface area contributed by atoms with Crippen LogP contribution in [-0.2, 0) is 0 Å². The van der Waals surface area contributed by atoms with Gasteiger partial charge >= 0.3 is 0 Å². The average Bonchev–Trinajstić information content (AvgIpc) is 3.89. The standard InChI is InChI=1S/C55H33N3O2/c1-2-10-35(11-3-1)49-33-50(36-20-18-34(19-21-36)42-26-27-56-48-15-7-4-12-43(42)48)58-55(57-49)41-29-39(37-22-24-53-46(31-37)44-13-5-8-16-51(44)59-53)28-40(30-41)38-23-25-54-47(32-38)45-14-6-9-17-52(45)60-54/h1-33H. The Morgan fingerprint density at radius 1 is 0.300 bits per heavy atom. The summed E-state index contributed by atoms with van der Waals surface area (Å²) < 4.78 is 12.5. The smallest absolute Gasteiger partial charge is 0.160 e. The molecular formula is C55H33N3O2. The van der Waals surface area contributed by atoms with E-state index in [0.717, 1.165) is 116 Å². The predicted octanol–water partition coefficient (Wildman–Crippen LogP) is 14.8. The fourth-order valence-electron chi connectivity index (χ4n) is 8.55. The Bertz CT molecular complexity index is 3470. The van der Waals surface area contributed by atoms with Crippen LogP contribution in [0.3, 0.4) is 0 Å². The van der Waals surface area contributed by atoms with Crippen LogP contribution >= 0.6 is 0 Å². The maximum atomic E-state index is 6.23. The molecule has 0 spiro atoms. The molecular weight excluding hydrogens is 735 g/mol. The molecule has 12 aromatic rings. The first kappa shape index (κ1) is 33.9. The summed E-state index contributed by atoms with van der Waals surface area (Å²) in [4.78, 5) is 15.2. The molecule has 0 saturated heterocycles. The van der Waals surface area contributed by atoms with Gasteiger partial charge in [-0.1, -0.05) is 121 Å². The van der Waals surface area contributed by atoms with E-state index in [0.29, 0.717) is 5.82 Å². The molecule has 5 heteroatoms. The van der Waals surface area contributed by atoms with E-state index in [2.05, 4.69) is 163 Å². The van der Waals surface area contributed by atoms with Gasteiger partial charge in [-0.3, -0.25) is 4.98 Å². The molecule has 0 N–H and O–H groups in total. The normalized spacial score (nSPS) is 11.7. The Kier molecular flexibility index (Phi) is 7.78. The minimum Gasteiger partial charge on any atom is -0.456 e. The van der Waals surface area contributed by atoms with Crippen molar-refractivity contribution < 1.29 is 8.83 Å². The molecule has 60 heavy (non-hydrogen) atoms. The molecule has 4 heterocycles. The van der Waals surface area contributed by atoms with Crippen molar-refractivity contribution in [2.45, 2.75) is 0 Å². The largest absolute Gasteiger partial charge is 0.456 e. The number of hydrogen-bond donors (Lipinski definition) is 0. The molecule has 5 nitrogen and oxygen atoms in total. The van der Waals surface area contributed by atoms with Crippen LogP contribution < -0.4 is 0 Å². The van der Waals surface area contributed by atoms with Gasteiger partial charge in [-0.15, -0.1) is 0 Å². The molecule has 0 saturated carbocycles. The summed E-state index contributed by atoms with van der Waals surface area (Å²) in [6.07, 6.45) is 1.88. The second kappa shape index (κ2) is 13.8. The van der Waals surface area contributed by atoms with Crippen molar-refractivity contribution >= 4 is 54.8 Å². The van der Waals surface area contributed by atoms with Crippen LogP contribution in [0.4, 0.5) is 0 Å². The molecule has 0 atom stereocenters. The Morgan fingerprint density at radius 3 is 1.42 bits per heavy atom. The Labute approximate surface area is 344 Å². The molecule has 0 aliphatic heterocycles. The number of furan rings is 2. The number of benzene rings is 8. The van der Waals surface area contributed by atoms with Gasteiger partial charge in [0.25, 0.3) is 0 Å². The molecule has 0 radical (unpaired) electrons. The number of pyridine rings is 1. The number of fused-ring (bicyclic) bond motifs is 7. The van der Waals surface area contributed by atoms with Gasteiger partial charge in [0.05, 0.1) is 16.9 Å². The van der Waals surface area contributed by atoms with E-state index in [9.17, 15) is 0 Å². The van der Waals surface area contributed by atoms with E-state index in [1.807, 2.05) is 42.6 Å². The monoisotopic (exact) mass is 767 g/mol. The van der Waals surface area contributed by atoms with Gasteiger partial charge in [-0.25, -0.2) is 9.97 Å². The summed E-state index contributed by atoms with van der Waals surface area (Å²) in [6.45, 7) is 0. The van der Waals surface area contributed by atoms with Crippen molar-refractivity contribution in [2.24, 2.45) is 0 Å². The summed E-state index contributed by atoms with van der Waals surface area (Å²) in [5, 5.41) is 5.46. The molecule has 0 bridgehead atoms. The number of nitrogens with zero attached hydrogens (tertiary/aromatic N) is 3. The van der Waals surface area contributed by atoms with Crippen molar-refractivity contribution in [3.63, 3.8) is 0 Å². The van der Waals surface area contributed by atoms with E-state index in [1.165, 1.54) is 0 Å². The van der Waals surface area contributed by atoms with Crippen LogP contribution in [-0.4, -0.2) is 15.0 Å². The highest BCUT2D eigenvalue weighted by atomic mass is 16.3. The lowest BCUT2D eigenvalue weighted by molar-refractivity contribution is 0.668. The summed E-state index contributed by atoms with van der Waals surface area (Å²) >= 11 is 0. The zero-order valence-corrected chi connectivity index (χ0v) is 32.2. The average molecular weight is 768 g/mol. The van der Waals surface area contributed by atoms with Crippen LogP contribution in [0.25, 0.3) is 122 Å². The number of rotatable bonds is 6. The Hall–Kier alpha value is -8.15. The quantitative estimate of drug-likeness (QED) is 0.169. The van der Waals surface area contributed by atoms with Gasteiger partial charge in [0.15, 0.2) is 5.82 Å². The van der Waals surface area contributed by atoms with E-state index in [-0.39, 0.29) is 0 Å². The summed E-state index contributed by atoms with van der Waals surface area (Å²) in [5.74, 6) is 0.642. The van der Waals surface area contributed by atoms with Gasteiger partial charge in [0.1, 0.15) is 22.3 Å². The minimum absolute atomic E-state index is 0.642. The van der Waals surface area contributed by atoms with Crippen LogP contribution in [0.5, 0.6) is 0 Å². The van der Waals surface area contributed by atoms with E-state index < -0.39 is 0 Å². The van der Waals surface area contributed by atoms with Gasteiger partial charge in [-0.2, -0.15) is 0 Å². The number of para-hydroxylation sites is 3. The van der Waals surface area contributed by atoms with Gasteiger partial charge < -0.3 is 8.83 Å². The Morgan fingerprint density at radius 2 is 0.783 bits per heavy atom. The third-order valence-electron chi connectivity index (χ3n) is 11.5. The first-order valence-electron chi connectivity index (χ1n) is 20.1. The fraction of sp³-hybridized carbons (Fsp3) is 0. The maximum Gasteiger partial charge on any atom is 0.160 e. The predicted molar refractivity (Wildman–Crippen MR) is 245 cm³/mol. The lowest BCUT2D eigenvalue weighted by Crippen LogP contribution is -1.97. The van der Waals surface area contributed by atoms with Crippen molar-refractivity contribution in [1.29, 1.82) is 0 Å². The highest BCUT2D eigenvalue weighted by Crippen LogP contribution is 2.39. The number of hydrogen-bond acceptors (Lipinski definition) is 5. The molecule has 0 aliphatic rings. The van der Waals surface area contributed by atoms with Gasteiger partial charge in [0, 0.05) is 49.8 Å². The molecule has 0 fully saturated rings. The molecule has 8 aromatic carbocycles. The lowest BCUT2D eigenvalue weighted by Gasteiger charge is -2.13. The number of aromatic nitrogens is 3. The molecule has 12 rings (SSSR count).